The van der Waals surface area contributed by atoms with Gasteiger partial charge in [0.05, 0.1) is 7.11 Å². The van der Waals surface area contributed by atoms with Gasteiger partial charge in [0.15, 0.2) is 0 Å². The van der Waals surface area contributed by atoms with Gasteiger partial charge in [0, 0.05) is 0 Å². The Labute approximate surface area is 85.3 Å². The molecule has 14 heavy (non-hydrogen) atoms. The van der Waals surface area contributed by atoms with Crippen LogP contribution in [0, 0.1) is 12.8 Å². The van der Waals surface area contributed by atoms with E-state index in [1.165, 1.54) is 11.1 Å². The summed E-state index contributed by atoms with van der Waals surface area (Å²) in [7, 11) is 1.75. The third-order valence-corrected chi connectivity index (χ3v) is 2.82. The molecule has 1 saturated heterocycles. The highest BCUT2D eigenvalue weighted by Crippen LogP contribution is 2.23. The first-order valence-corrected chi connectivity index (χ1v) is 5.14. The van der Waals surface area contributed by atoms with Gasteiger partial charge in [-0.05, 0) is 49.5 Å². The van der Waals surface area contributed by atoms with Crippen LogP contribution >= 0.6 is 0 Å². The minimum atomic E-state index is 0.798. The summed E-state index contributed by atoms with van der Waals surface area (Å²) in [6.07, 6.45) is 1.14. The quantitative estimate of drug-likeness (QED) is 0.786. The highest BCUT2D eigenvalue weighted by molar-refractivity contribution is 5.37. The van der Waals surface area contributed by atoms with Gasteiger partial charge in [0.2, 0.25) is 0 Å². The normalized spacial score (nSPS) is 16.4. The first kappa shape index (κ1) is 9.53. The van der Waals surface area contributed by atoms with Gasteiger partial charge < -0.3 is 10.1 Å². The lowest BCUT2D eigenvalue weighted by Gasteiger charge is -2.27. The van der Waals surface area contributed by atoms with E-state index in [1.54, 1.807) is 7.11 Å². The Kier molecular flexibility index (Phi) is 2.73. The number of rotatable bonds is 3. The Hall–Kier alpha value is -1.02. The number of methoxy groups -OCH3 is 1. The molecular weight excluding hydrogens is 174 g/mol. The smallest absolute Gasteiger partial charge is 0.122 e. The Morgan fingerprint density at radius 2 is 2.21 bits per heavy atom. The Morgan fingerprint density at radius 1 is 1.43 bits per heavy atom. The molecule has 0 bridgehead atoms. The molecule has 0 atom stereocenters. The zero-order valence-electron chi connectivity index (χ0n) is 8.84. The average Bonchev–Trinajstić information content (AvgIpc) is 2.13. The van der Waals surface area contributed by atoms with Crippen molar-refractivity contribution in [3.63, 3.8) is 0 Å². The van der Waals surface area contributed by atoms with Crippen molar-refractivity contribution in [1.82, 2.24) is 5.32 Å². The predicted octanol–water partition coefficient (Wildman–Crippen LogP) is 1.77. The Bertz CT molecular complexity index is 318. The van der Waals surface area contributed by atoms with E-state index in [2.05, 4.69) is 30.4 Å². The molecule has 1 heterocycles. The molecule has 0 aromatic heterocycles. The molecule has 1 aliphatic rings. The molecule has 2 heteroatoms. The highest BCUT2D eigenvalue weighted by Gasteiger charge is 2.18. The van der Waals surface area contributed by atoms with Crippen LogP contribution in [0.25, 0.3) is 0 Å². The SMILES string of the molecule is COc1cc(C)ccc1CC1CNC1. The van der Waals surface area contributed by atoms with Crippen LogP contribution in [0.15, 0.2) is 18.2 Å². The van der Waals surface area contributed by atoms with Crippen molar-refractivity contribution in [2.45, 2.75) is 13.3 Å². The fraction of sp³-hybridized carbons (Fsp3) is 0.500. The van der Waals surface area contributed by atoms with Crippen molar-refractivity contribution in [3.8, 4) is 5.75 Å². The molecule has 0 saturated carbocycles. The summed E-state index contributed by atoms with van der Waals surface area (Å²) < 4.78 is 5.38. The number of benzene rings is 1. The molecule has 2 nitrogen and oxygen atoms in total. The highest BCUT2D eigenvalue weighted by atomic mass is 16.5. The molecular formula is C12H17NO. The van der Waals surface area contributed by atoms with Gasteiger partial charge in [-0.1, -0.05) is 12.1 Å². The molecule has 0 spiro atoms. The summed E-state index contributed by atoms with van der Waals surface area (Å²) in [5.74, 6) is 1.84. The number of aryl methyl sites for hydroxylation is 1. The average molecular weight is 191 g/mol. The lowest BCUT2D eigenvalue weighted by molar-refractivity contribution is 0.338. The van der Waals surface area contributed by atoms with Crippen LogP contribution in [0.1, 0.15) is 11.1 Å². The first-order chi connectivity index (χ1) is 6.79. The van der Waals surface area contributed by atoms with Crippen molar-refractivity contribution in [1.29, 1.82) is 0 Å². The van der Waals surface area contributed by atoms with E-state index in [9.17, 15) is 0 Å². The maximum atomic E-state index is 5.38. The Balaban J connectivity index is 2.14. The molecule has 1 fully saturated rings. The van der Waals surface area contributed by atoms with E-state index in [-0.39, 0.29) is 0 Å². The number of hydrogen-bond acceptors (Lipinski definition) is 2. The molecule has 0 unspecified atom stereocenters. The zero-order valence-corrected chi connectivity index (χ0v) is 8.84. The van der Waals surface area contributed by atoms with Crippen molar-refractivity contribution in [2.24, 2.45) is 5.92 Å². The van der Waals surface area contributed by atoms with Crippen LogP contribution in [0.4, 0.5) is 0 Å². The minimum absolute atomic E-state index is 0.798. The summed E-state index contributed by atoms with van der Waals surface area (Å²) in [5, 5.41) is 3.29. The van der Waals surface area contributed by atoms with Gasteiger partial charge in [-0.3, -0.25) is 0 Å². The molecule has 1 N–H and O–H groups in total. The third kappa shape index (κ3) is 1.90. The van der Waals surface area contributed by atoms with Crippen LogP contribution in [0.5, 0.6) is 5.75 Å². The third-order valence-electron chi connectivity index (χ3n) is 2.82. The summed E-state index contributed by atoms with van der Waals surface area (Å²) >= 11 is 0. The standard InChI is InChI=1S/C12H17NO/c1-9-3-4-11(12(5-9)14-2)6-10-7-13-8-10/h3-5,10,13H,6-8H2,1-2H3. The topological polar surface area (TPSA) is 21.3 Å². The van der Waals surface area contributed by atoms with Crippen molar-refractivity contribution >= 4 is 0 Å². The lowest BCUT2D eigenvalue weighted by Crippen LogP contribution is -2.43. The number of hydrogen-bond donors (Lipinski definition) is 1. The fourth-order valence-corrected chi connectivity index (χ4v) is 1.82. The van der Waals surface area contributed by atoms with E-state index in [0.717, 1.165) is 31.2 Å². The predicted molar refractivity (Wildman–Crippen MR) is 57.8 cm³/mol. The second-order valence-electron chi connectivity index (χ2n) is 4.04. The van der Waals surface area contributed by atoms with E-state index in [4.69, 9.17) is 4.74 Å². The molecule has 2 rings (SSSR count). The summed E-state index contributed by atoms with van der Waals surface area (Å²) in [5.41, 5.74) is 2.60. The van der Waals surface area contributed by atoms with Gasteiger partial charge in [0.25, 0.3) is 0 Å². The summed E-state index contributed by atoms with van der Waals surface area (Å²) in [6, 6.07) is 6.46. The second-order valence-corrected chi connectivity index (χ2v) is 4.04. The largest absolute Gasteiger partial charge is 0.496 e. The van der Waals surface area contributed by atoms with Crippen LogP contribution in [-0.2, 0) is 6.42 Å². The van der Waals surface area contributed by atoms with Crippen molar-refractivity contribution in [2.75, 3.05) is 20.2 Å². The fourth-order valence-electron chi connectivity index (χ4n) is 1.82. The van der Waals surface area contributed by atoms with Gasteiger partial charge >= 0.3 is 0 Å². The summed E-state index contributed by atoms with van der Waals surface area (Å²) in [6.45, 7) is 4.39. The van der Waals surface area contributed by atoms with E-state index < -0.39 is 0 Å². The molecule has 76 valence electrons. The van der Waals surface area contributed by atoms with Crippen LogP contribution in [0.2, 0.25) is 0 Å². The van der Waals surface area contributed by atoms with Crippen LogP contribution in [-0.4, -0.2) is 20.2 Å². The maximum absolute atomic E-state index is 5.38. The van der Waals surface area contributed by atoms with E-state index in [0.29, 0.717) is 0 Å². The Morgan fingerprint density at radius 3 is 2.79 bits per heavy atom. The second kappa shape index (κ2) is 4.01. The van der Waals surface area contributed by atoms with Gasteiger partial charge in [0.1, 0.15) is 5.75 Å². The van der Waals surface area contributed by atoms with Crippen molar-refractivity contribution in [3.05, 3.63) is 29.3 Å². The number of ether oxygens (including phenoxy) is 1. The first-order valence-electron chi connectivity index (χ1n) is 5.14. The van der Waals surface area contributed by atoms with Crippen LogP contribution < -0.4 is 10.1 Å². The molecule has 0 radical (unpaired) electrons. The molecule has 0 aliphatic carbocycles. The van der Waals surface area contributed by atoms with E-state index in [1.807, 2.05) is 0 Å². The zero-order chi connectivity index (χ0) is 9.97. The maximum Gasteiger partial charge on any atom is 0.122 e. The molecule has 0 amide bonds. The van der Waals surface area contributed by atoms with Crippen molar-refractivity contribution < 1.29 is 4.74 Å². The van der Waals surface area contributed by atoms with Crippen LogP contribution in [0.3, 0.4) is 0 Å². The van der Waals surface area contributed by atoms with Gasteiger partial charge in [-0.25, -0.2) is 0 Å². The lowest BCUT2D eigenvalue weighted by atomic mass is 9.93. The van der Waals surface area contributed by atoms with Gasteiger partial charge in [-0.15, -0.1) is 0 Å². The van der Waals surface area contributed by atoms with Gasteiger partial charge in [-0.2, -0.15) is 0 Å². The van der Waals surface area contributed by atoms with E-state index >= 15 is 0 Å². The molecule has 1 aliphatic heterocycles. The number of nitrogens with one attached hydrogen (secondary N) is 1. The monoisotopic (exact) mass is 191 g/mol. The molecule has 1 aromatic carbocycles. The summed E-state index contributed by atoms with van der Waals surface area (Å²) in [4.78, 5) is 0. The minimum Gasteiger partial charge on any atom is -0.496 e. The molecule has 1 aromatic rings.